The molecule has 31 heavy (non-hydrogen) atoms. The highest BCUT2D eigenvalue weighted by atomic mass is 35.5. The zero-order chi connectivity index (χ0) is 22.1. The highest BCUT2D eigenvalue weighted by molar-refractivity contribution is 6.31. The van der Waals surface area contributed by atoms with Crippen molar-refractivity contribution in [3.8, 4) is 11.5 Å². The van der Waals surface area contributed by atoms with Crippen molar-refractivity contribution in [2.45, 2.75) is 13.3 Å². The Hall–Kier alpha value is -3.51. The summed E-state index contributed by atoms with van der Waals surface area (Å²) in [5.41, 5.74) is 7.09. The number of benzene rings is 3. The van der Waals surface area contributed by atoms with Crippen molar-refractivity contribution < 1.29 is 19.1 Å². The molecule has 0 aromatic heterocycles. The molecule has 0 saturated heterocycles. The molecule has 0 atom stereocenters. The minimum absolute atomic E-state index is 0.246. The molecule has 0 heterocycles. The van der Waals surface area contributed by atoms with Crippen molar-refractivity contribution >= 4 is 23.4 Å². The number of hydrogen-bond donors (Lipinski definition) is 2. The quantitative estimate of drug-likeness (QED) is 0.519. The molecule has 3 aromatic carbocycles. The van der Waals surface area contributed by atoms with Gasteiger partial charge in [-0.2, -0.15) is 0 Å². The Morgan fingerprint density at radius 3 is 2.42 bits per heavy atom. The molecule has 0 aliphatic rings. The Bertz CT molecular complexity index is 1040. The van der Waals surface area contributed by atoms with E-state index in [9.17, 15) is 9.59 Å². The number of nitrogens with one attached hydrogen (secondary N) is 2. The highest BCUT2D eigenvalue weighted by Crippen LogP contribution is 2.20. The monoisotopic (exact) mass is 438 g/mol. The SMILES string of the molecule is Cc1cc(OCC(=O)NNC(=O)c2cccc(OCCc3ccccc3)c2)ccc1Cl. The molecule has 0 aliphatic heterocycles. The lowest BCUT2D eigenvalue weighted by Crippen LogP contribution is -2.43. The fraction of sp³-hybridized carbons (Fsp3) is 0.167. The van der Waals surface area contributed by atoms with Crippen LogP contribution in [-0.4, -0.2) is 25.0 Å². The largest absolute Gasteiger partial charge is 0.493 e. The van der Waals surface area contributed by atoms with Crippen molar-refractivity contribution in [2.75, 3.05) is 13.2 Å². The number of rotatable bonds is 8. The molecule has 0 radical (unpaired) electrons. The van der Waals surface area contributed by atoms with Crippen molar-refractivity contribution in [3.63, 3.8) is 0 Å². The maximum Gasteiger partial charge on any atom is 0.276 e. The Morgan fingerprint density at radius 2 is 1.65 bits per heavy atom. The summed E-state index contributed by atoms with van der Waals surface area (Å²) in [4.78, 5) is 24.3. The molecule has 160 valence electrons. The maximum atomic E-state index is 12.3. The second-order valence-corrected chi connectivity index (χ2v) is 7.22. The normalized spacial score (nSPS) is 10.3. The van der Waals surface area contributed by atoms with Gasteiger partial charge >= 0.3 is 0 Å². The molecule has 0 fully saturated rings. The van der Waals surface area contributed by atoms with Crippen molar-refractivity contribution in [1.29, 1.82) is 0 Å². The molecular formula is C24H23ClN2O4. The number of carbonyl (C=O) groups is 2. The van der Waals surface area contributed by atoms with Crippen LogP contribution in [0.15, 0.2) is 72.8 Å². The Kier molecular flexibility index (Phi) is 7.90. The molecule has 0 unspecified atom stereocenters. The number of carbonyl (C=O) groups excluding carboxylic acids is 2. The van der Waals surface area contributed by atoms with E-state index in [4.69, 9.17) is 21.1 Å². The Balaban J connectivity index is 1.43. The fourth-order valence-electron chi connectivity index (χ4n) is 2.75. The zero-order valence-electron chi connectivity index (χ0n) is 17.1. The number of ether oxygens (including phenoxy) is 2. The van der Waals surface area contributed by atoms with Crippen molar-refractivity contribution in [3.05, 3.63) is 94.5 Å². The van der Waals surface area contributed by atoms with Gasteiger partial charge in [-0.05, 0) is 54.4 Å². The molecule has 6 nitrogen and oxygen atoms in total. The molecule has 3 rings (SSSR count). The van der Waals surface area contributed by atoms with E-state index in [1.807, 2.05) is 37.3 Å². The van der Waals surface area contributed by atoms with Gasteiger partial charge in [0.2, 0.25) is 0 Å². The van der Waals surface area contributed by atoms with Crippen LogP contribution in [0.4, 0.5) is 0 Å². The van der Waals surface area contributed by atoms with E-state index >= 15 is 0 Å². The third-order valence-corrected chi connectivity index (χ3v) is 4.84. The molecule has 2 N–H and O–H groups in total. The van der Waals surface area contributed by atoms with Crippen LogP contribution in [0.1, 0.15) is 21.5 Å². The first kappa shape index (κ1) is 22.2. The molecular weight excluding hydrogens is 416 g/mol. The Morgan fingerprint density at radius 1 is 0.871 bits per heavy atom. The fourth-order valence-corrected chi connectivity index (χ4v) is 2.87. The smallest absolute Gasteiger partial charge is 0.276 e. The van der Waals surface area contributed by atoms with Gasteiger partial charge in [-0.3, -0.25) is 20.4 Å². The number of hydrogen-bond acceptors (Lipinski definition) is 4. The van der Waals surface area contributed by atoms with Gasteiger partial charge in [0.05, 0.1) is 6.61 Å². The number of amides is 2. The van der Waals surface area contributed by atoms with Crippen LogP contribution in [-0.2, 0) is 11.2 Å². The van der Waals surface area contributed by atoms with Crippen LogP contribution >= 0.6 is 11.6 Å². The first-order chi connectivity index (χ1) is 15.0. The van der Waals surface area contributed by atoms with Gasteiger partial charge < -0.3 is 9.47 Å². The summed E-state index contributed by atoms with van der Waals surface area (Å²) in [6, 6.07) is 21.9. The van der Waals surface area contributed by atoms with Crippen LogP contribution < -0.4 is 20.3 Å². The number of aryl methyl sites for hydroxylation is 1. The standard InChI is InChI=1S/C24H23ClN2O4/c1-17-14-21(10-11-22(17)25)31-16-23(28)26-27-24(29)19-8-5-9-20(15-19)30-13-12-18-6-3-2-4-7-18/h2-11,14-15H,12-13,16H2,1H3,(H,26,28)(H,27,29). The zero-order valence-corrected chi connectivity index (χ0v) is 17.8. The number of halogens is 1. The maximum absolute atomic E-state index is 12.3. The number of hydrazine groups is 1. The third-order valence-electron chi connectivity index (χ3n) is 4.41. The summed E-state index contributed by atoms with van der Waals surface area (Å²) in [7, 11) is 0. The van der Waals surface area contributed by atoms with E-state index in [0.717, 1.165) is 12.0 Å². The van der Waals surface area contributed by atoms with Crippen LogP contribution in [0.2, 0.25) is 5.02 Å². The minimum Gasteiger partial charge on any atom is -0.493 e. The summed E-state index contributed by atoms with van der Waals surface area (Å²) in [5.74, 6) is 0.153. The van der Waals surface area contributed by atoms with Gasteiger partial charge in [-0.1, -0.05) is 48.0 Å². The molecule has 2 amide bonds. The van der Waals surface area contributed by atoms with Crippen LogP contribution in [0.3, 0.4) is 0 Å². The predicted molar refractivity (Wildman–Crippen MR) is 119 cm³/mol. The Labute approximate surface area is 186 Å². The van der Waals surface area contributed by atoms with Gasteiger partial charge in [0.15, 0.2) is 6.61 Å². The van der Waals surface area contributed by atoms with E-state index in [0.29, 0.717) is 28.7 Å². The van der Waals surface area contributed by atoms with E-state index in [1.165, 1.54) is 5.56 Å². The lowest BCUT2D eigenvalue weighted by Gasteiger charge is -2.11. The summed E-state index contributed by atoms with van der Waals surface area (Å²) >= 11 is 5.96. The summed E-state index contributed by atoms with van der Waals surface area (Å²) < 4.78 is 11.1. The molecule has 0 spiro atoms. The molecule has 0 saturated carbocycles. The van der Waals surface area contributed by atoms with E-state index in [2.05, 4.69) is 10.9 Å². The molecule has 7 heteroatoms. The van der Waals surface area contributed by atoms with E-state index < -0.39 is 11.8 Å². The van der Waals surface area contributed by atoms with Crippen LogP contribution in [0.25, 0.3) is 0 Å². The predicted octanol–water partition coefficient (Wildman–Crippen LogP) is 4.11. The van der Waals surface area contributed by atoms with Crippen LogP contribution in [0.5, 0.6) is 11.5 Å². The van der Waals surface area contributed by atoms with Gasteiger partial charge in [0, 0.05) is 17.0 Å². The summed E-state index contributed by atoms with van der Waals surface area (Å²) in [6.45, 7) is 2.09. The third kappa shape index (κ3) is 7.04. The molecule has 0 aliphatic carbocycles. The van der Waals surface area contributed by atoms with Gasteiger partial charge in [-0.15, -0.1) is 0 Å². The first-order valence-electron chi connectivity index (χ1n) is 9.76. The van der Waals surface area contributed by atoms with Gasteiger partial charge in [-0.25, -0.2) is 0 Å². The molecule has 3 aromatic rings. The summed E-state index contributed by atoms with van der Waals surface area (Å²) in [6.07, 6.45) is 0.764. The lowest BCUT2D eigenvalue weighted by atomic mass is 10.2. The average Bonchev–Trinajstić information content (AvgIpc) is 2.79. The van der Waals surface area contributed by atoms with E-state index in [-0.39, 0.29) is 6.61 Å². The molecule has 0 bridgehead atoms. The lowest BCUT2D eigenvalue weighted by molar-refractivity contribution is -0.123. The van der Waals surface area contributed by atoms with Gasteiger partial charge in [0.1, 0.15) is 11.5 Å². The van der Waals surface area contributed by atoms with E-state index in [1.54, 1.807) is 42.5 Å². The van der Waals surface area contributed by atoms with Gasteiger partial charge in [0.25, 0.3) is 11.8 Å². The van der Waals surface area contributed by atoms with Crippen molar-refractivity contribution in [1.82, 2.24) is 10.9 Å². The first-order valence-corrected chi connectivity index (χ1v) is 10.1. The average molecular weight is 439 g/mol. The highest BCUT2D eigenvalue weighted by Gasteiger charge is 2.09. The summed E-state index contributed by atoms with van der Waals surface area (Å²) in [5, 5.41) is 0.621. The second-order valence-electron chi connectivity index (χ2n) is 6.81. The topological polar surface area (TPSA) is 76.7 Å². The van der Waals surface area contributed by atoms with Crippen molar-refractivity contribution in [2.24, 2.45) is 0 Å². The minimum atomic E-state index is -0.490. The van der Waals surface area contributed by atoms with Crippen LogP contribution in [0, 0.1) is 6.92 Å². The second kappa shape index (κ2) is 11.0.